The number of rotatable bonds is 3. The van der Waals surface area contributed by atoms with Gasteiger partial charge in [-0.2, -0.15) is 5.10 Å². The second kappa shape index (κ2) is 4.88. The maximum atomic E-state index is 11.7. The summed E-state index contributed by atoms with van der Waals surface area (Å²) in [5.41, 5.74) is 2.59. The number of nitrogens with one attached hydrogen (secondary N) is 1. The van der Waals surface area contributed by atoms with Gasteiger partial charge < -0.3 is 10.0 Å². The van der Waals surface area contributed by atoms with Gasteiger partial charge in [0.05, 0.1) is 12.6 Å². The molecule has 0 aliphatic carbocycles. The highest BCUT2D eigenvalue weighted by atomic mass is 16.3. The van der Waals surface area contributed by atoms with Crippen LogP contribution in [0.15, 0.2) is 5.10 Å². The highest BCUT2D eigenvalue weighted by Crippen LogP contribution is 2.04. The molecule has 84 valence electrons. The van der Waals surface area contributed by atoms with Gasteiger partial charge in [-0.05, 0) is 6.92 Å². The Morgan fingerprint density at radius 1 is 1.67 bits per heavy atom. The van der Waals surface area contributed by atoms with Crippen molar-refractivity contribution in [3.05, 3.63) is 0 Å². The van der Waals surface area contributed by atoms with Crippen molar-refractivity contribution < 1.29 is 14.7 Å². The molecule has 0 aromatic rings. The van der Waals surface area contributed by atoms with Gasteiger partial charge in [0.1, 0.15) is 5.71 Å². The molecule has 1 heterocycles. The molecule has 6 heteroatoms. The number of likely N-dealkylation sites (N-methyl/N-ethyl adjacent to an activating group) is 1. The minimum absolute atomic E-state index is 0.0954. The van der Waals surface area contributed by atoms with Gasteiger partial charge in [-0.15, -0.1) is 0 Å². The van der Waals surface area contributed by atoms with E-state index in [1.54, 1.807) is 14.0 Å². The minimum Gasteiger partial charge on any atom is -0.394 e. The number of carbonyl (C=O) groups is 2. The summed E-state index contributed by atoms with van der Waals surface area (Å²) in [4.78, 5) is 24.0. The van der Waals surface area contributed by atoms with Crippen LogP contribution in [-0.4, -0.2) is 47.2 Å². The molecule has 6 nitrogen and oxygen atoms in total. The third-order valence-electron chi connectivity index (χ3n) is 2.40. The van der Waals surface area contributed by atoms with Crippen molar-refractivity contribution >= 4 is 17.5 Å². The van der Waals surface area contributed by atoms with E-state index in [1.807, 2.05) is 0 Å². The lowest BCUT2D eigenvalue weighted by atomic mass is 10.1. The second-order valence-electron chi connectivity index (χ2n) is 3.54. The first-order valence-corrected chi connectivity index (χ1v) is 4.79. The number of aliphatic hydroxyl groups is 1. The third kappa shape index (κ3) is 2.76. The van der Waals surface area contributed by atoms with Crippen LogP contribution in [0, 0.1) is 0 Å². The van der Waals surface area contributed by atoms with Gasteiger partial charge in [0.25, 0.3) is 5.91 Å². The summed E-state index contributed by atoms with van der Waals surface area (Å²) >= 11 is 0. The van der Waals surface area contributed by atoms with E-state index in [-0.39, 0.29) is 30.9 Å². The topological polar surface area (TPSA) is 82.0 Å². The molecule has 0 saturated heterocycles. The fourth-order valence-corrected chi connectivity index (χ4v) is 1.15. The predicted molar refractivity (Wildman–Crippen MR) is 54.1 cm³/mol. The smallest absolute Gasteiger partial charge is 0.270 e. The van der Waals surface area contributed by atoms with Crippen LogP contribution >= 0.6 is 0 Å². The average molecular weight is 213 g/mol. The molecule has 1 rings (SSSR count). The summed E-state index contributed by atoms with van der Waals surface area (Å²) in [5, 5.41) is 12.6. The van der Waals surface area contributed by atoms with Crippen LogP contribution in [0.2, 0.25) is 0 Å². The molecule has 1 aliphatic rings. The molecule has 2 N–H and O–H groups in total. The fourth-order valence-electron chi connectivity index (χ4n) is 1.15. The van der Waals surface area contributed by atoms with E-state index in [0.29, 0.717) is 12.1 Å². The lowest BCUT2D eigenvalue weighted by Crippen LogP contribution is -2.43. The zero-order valence-corrected chi connectivity index (χ0v) is 8.86. The molecule has 15 heavy (non-hydrogen) atoms. The quantitative estimate of drug-likeness (QED) is 0.637. The molecule has 0 spiro atoms. The van der Waals surface area contributed by atoms with Crippen molar-refractivity contribution in [3.8, 4) is 0 Å². The predicted octanol–water partition coefficient (Wildman–Crippen LogP) is -0.908. The molecule has 0 aromatic heterocycles. The Kier molecular flexibility index (Phi) is 3.79. The number of amides is 2. The Morgan fingerprint density at radius 2 is 2.33 bits per heavy atom. The number of nitrogens with zero attached hydrogens (tertiary/aromatic N) is 2. The first-order chi connectivity index (χ1) is 7.06. The standard InChI is InChI=1S/C9H15N3O3/c1-6(5-13)12(2)9(15)7-3-4-8(14)11-10-7/h6,13H,3-5H2,1-2H3,(H,11,14). The van der Waals surface area contributed by atoms with Gasteiger partial charge in [0.2, 0.25) is 5.91 Å². The maximum Gasteiger partial charge on any atom is 0.270 e. The van der Waals surface area contributed by atoms with Crippen LogP contribution in [0.1, 0.15) is 19.8 Å². The van der Waals surface area contributed by atoms with Gasteiger partial charge in [-0.1, -0.05) is 0 Å². The highest BCUT2D eigenvalue weighted by Gasteiger charge is 2.23. The van der Waals surface area contributed by atoms with Gasteiger partial charge in [0.15, 0.2) is 0 Å². The number of aliphatic hydroxyl groups excluding tert-OH is 1. The lowest BCUT2D eigenvalue weighted by Gasteiger charge is -2.24. The first kappa shape index (κ1) is 11.6. The monoisotopic (exact) mass is 213 g/mol. The lowest BCUT2D eigenvalue weighted by molar-refractivity contribution is -0.125. The van der Waals surface area contributed by atoms with Crippen molar-refractivity contribution in [1.29, 1.82) is 0 Å². The van der Waals surface area contributed by atoms with E-state index >= 15 is 0 Å². The number of hydrazone groups is 1. The van der Waals surface area contributed by atoms with E-state index in [4.69, 9.17) is 5.11 Å². The largest absolute Gasteiger partial charge is 0.394 e. The zero-order valence-electron chi connectivity index (χ0n) is 8.86. The zero-order chi connectivity index (χ0) is 11.4. The van der Waals surface area contributed by atoms with Gasteiger partial charge >= 0.3 is 0 Å². The van der Waals surface area contributed by atoms with Crippen molar-refractivity contribution in [2.45, 2.75) is 25.8 Å². The number of hydrogen-bond acceptors (Lipinski definition) is 4. The Labute approximate surface area is 87.9 Å². The molecule has 0 saturated carbocycles. The Bertz CT molecular complexity index is 301. The molecular formula is C9H15N3O3. The summed E-state index contributed by atoms with van der Waals surface area (Å²) in [6, 6.07) is -0.252. The van der Waals surface area contributed by atoms with Crippen LogP contribution < -0.4 is 5.43 Å². The Hall–Kier alpha value is -1.43. The van der Waals surface area contributed by atoms with E-state index in [0.717, 1.165) is 0 Å². The molecular weight excluding hydrogens is 198 g/mol. The SMILES string of the molecule is CC(CO)N(C)C(=O)C1=NNC(=O)CC1. The molecule has 0 radical (unpaired) electrons. The molecule has 0 bridgehead atoms. The van der Waals surface area contributed by atoms with Crippen LogP contribution in [0.25, 0.3) is 0 Å². The average Bonchev–Trinajstić information content (AvgIpc) is 2.27. The summed E-state index contributed by atoms with van der Waals surface area (Å²) in [5.74, 6) is -0.430. The normalized spacial score (nSPS) is 17.8. The molecule has 2 amide bonds. The molecule has 0 aromatic carbocycles. The maximum absolute atomic E-state index is 11.7. The van der Waals surface area contributed by atoms with Crippen molar-refractivity contribution in [2.24, 2.45) is 5.10 Å². The third-order valence-corrected chi connectivity index (χ3v) is 2.40. The molecule has 1 aliphatic heterocycles. The second-order valence-corrected chi connectivity index (χ2v) is 3.54. The summed E-state index contributed by atoms with van der Waals surface area (Å²) in [6.07, 6.45) is 0.638. The van der Waals surface area contributed by atoms with E-state index < -0.39 is 0 Å². The fraction of sp³-hybridized carbons (Fsp3) is 0.667. The molecule has 0 fully saturated rings. The van der Waals surface area contributed by atoms with Gasteiger partial charge in [-0.25, -0.2) is 5.43 Å². The number of hydrogen-bond donors (Lipinski definition) is 2. The van der Waals surface area contributed by atoms with Gasteiger partial charge in [-0.3, -0.25) is 9.59 Å². The Morgan fingerprint density at radius 3 is 2.80 bits per heavy atom. The van der Waals surface area contributed by atoms with Crippen molar-refractivity contribution in [1.82, 2.24) is 10.3 Å². The van der Waals surface area contributed by atoms with E-state index in [9.17, 15) is 9.59 Å². The van der Waals surface area contributed by atoms with E-state index in [2.05, 4.69) is 10.5 Å². The Balaban J connectivity index is 2.64. The minimum atomic E-state index is -0.253. The summed E-state index contributed by atoms with van der Waals surface area (Å²) in [6.45, 7) is 1.64. The highest BCUT2D eigenvalue weighted by molar-refractivity contribution is 6.39. The van der Waals surface area contributed by atoms with Crippen LogP contribution in [0.5, 0.6) is 0 Å². The van der Waals surface area contributed by atoms with Crippen molar-refractivity contribution in [3.63, 3.8) is 0 Å². The van der Waals surface area contributed by atoms with E-state index in [1.165, 1.54) is 4.90 Å². The number of carbonyl (C=O) groups excluding carboxylic acids is 2. The van der Waals surface area contributed by atoms with Crippen LogP contribution in [-0.2, 0) is 9.59 Å². The first-order valence-electron chi connectivity index (χ1n) is 4.79. The summed E-state index contributed by atoms with van der Waals surface area (Å²) < 4.78 is 0. The van der Waals surface area contributed by atoms with Crippen LogP contribution in [0.4, 0.5) is 0 Å². The summed E-state index contributed by atoms with van der Waals surface area (Å²) in [7, 11) is 1.60. The van der Waals surface area contributed by atoms with Gasteiger partial charge in [0, 0.05) is 19.9 Å². The molecule has 1 unspecified atom stereocenters. The van der Waals surface area contributed by atoms with Crippen molar-refractivity contribution in [2.75, 3.05) is 13.7 Å². The molecule has 1 atom stereocenters. The van der Waals surface area contributed by atoms with Crippen LogP contribution in [0.3, 0.4) is 0 Å².